The maximum atomic E-state index is 8.54. The van der Waals surface area contributed by atoms with Gasteiger partial charge < -0.3 is 19.2 Å². The van der Waals surface area contributed by atoms with Crippen LogP contribution in [0.5, 0.6) is 5.75 Å². The highest BCUT2D eigenvalue weighted by atomic mass is 16.5. The van der Waals surface area contributed by atoms with Crippen LogP contribution in [0, 0.1) is 5.41 Å². The van der Waals surface area contributed by atoms with Gasteiger partial charge in [0, 0.05) is 60.8 Å². The molecule has 1 aromatic carbocycles. The fourth-order valence-electron chi connectivity index (χ4n) is 5.17. The normalized spacial score (nSPS) is 19.5. The minimum Gasteiger partial charge on any atom is -0.487 e. The Bertz CT molecular complexity index is 1340. The summed E-state index contributed by atoms with van der Waals surface area (Å²) in [7, 11) is 2.18. The molecular weight excluding hydrogens is 386 g/mol. The summed E-state index contributed by atoms with van der Waals surface area (Å²) in [6.45, 7) is 0.390. The van der Waals surface area contributed by atoms with Crippen molar-refractivity contribution in [3.05, 3.63) is 83.4 Å². The summed E-state index contributed by atoms with van der Waals surface area (Å²) >= 11 is 0. The third-order valence-electron chi connectivity index (χ3n) is 6.69. The topological polar surface area (TPSA) is 67.9 Å². The van der Waals surface area contributed by atoms with Gasteiger partial charge in [-0.2, -0.15) is 0 Å². The van der Waals surface area contributed by atoms with Crippen molar-refractivity contribution in [1.29, 1.82) is 5.41 Å². The van der Waals surface area contributed by atoms with Crippen molar-refractivity contribution in [3.63, 3.8) is 0 Å². The highest BCUT2D eigenvalue weighted by Crippen LogP contribution is 2.41. The van der Waals surface area contributed by atoms with Crippen LogP contribution in [0.25, 0.3) is 16.6 Å². The third-order valence-corrected chi connectivity index (χ3v) is 6.69. The number of pyridine rings is 2. The first kappa shape index (κ1) is 18.4. The smallest absolute Gasteiger partial charge is 0.133 e. The largest absolute Gasteiger partial charge is 0.487 e. The molecule has 2 unspecified atom stereocenters. The van der Waals surface area contributed by atoms with Gasteiger partial charge in [0.2, 0.25) is 0 Å². The van der Waals surface area contributed by atoms with E-state index in [1.165, 1.54) is 35.0 Å². The molecule has 0 saturated carbocycles. The minimum atomic E-state index is 0.387. The maximum absolute atomic E-state index is 8.54. The molecule has 0 spiro atoms. The van der Waals surface area contributed by atoms with Gasteiger partial charge in [-0.15, -0.1) is 0 Å². The number of benzene rings is 1. The number of aromatic nitrogens is 3. The average molecular weight is 412 g/mol. The van der Waals surface area contributed by atoms with Crippen molar-refractivity contribution in [2.45, 2.75) is 38.0 Å². The zero-order valence-corrected chi connectivity index (χ0v) is 17.5. The van der Waals surface area contributed by atoms with Crippen LogP contribution in [0.15, 0.2) is 60.9 Å². The molecule has 2 N–H and O–H groups in total. The van der Waals surface area contributed by atoms with Gasteiger partial charge in [-0.25, -0.2) is 0 Å². The molecule has 6 heteroatoms. The number of nitrogens with zero attached hydrogens (tertiary/aromatic N) is 3. The summed E-state index contributed by atoms with van der Waals surface area (Å²) in [5, 5.41) is 13.6. The Balaban J connectivity index is 1.32. The Kier molecular flexibility index (Phi) is 4.21. The first-order valence-electron chi connectivity index (χ1n) is 10.8. The number of aryl methyl sites for hydroxylation is 1. The molecule has 156 valence electrons. The molecule has 2 aliphatic rings. The molecule has 4 aromatic rings. The van der Waals surface area contributed by atoms with Gasteiger partial charge in [-0.05, 0) is 48.7 Å². The van der Waals surface area contributed by atoms with E-state index in [9.17, 15) is 0 Å². The summed E-state index contributed by atoms with van der Waals surface area (Å²) in [4.78, 5) is 4.28. The van der Waals surface area contributed by atoms with Crippen LogP contribution >= 0.6 is 0 Å². The van der Waals surface area contributed by atoms with E-state index in [-0.39, 0.29) is 0 Å². The highest BCUT2D eigenvalue weighted by molar-refractivity contribution is 5.88. The van der Waals surface area contributed by atoms with E-state index in [1.807, 2.05) is 35.0 Å². The fourth-order valence-corrected chi connectivity index (χ4v) is 5.17. The van der Waals surface area contributed by atoms with E-state index in [2.05, 4.69) is 40.1 Å². The van der Waals surface area contributed by atoms with Crippen LogP contribution in [0.2, 0.25) is 0 Å². The predicted octanol–water partition coefficient (Wildman–Crippen LogP) is 3.77. The number of nitrogens with one attached hydrogen (secondary N) is 2. The second-order valence-corrected chi connectivity index (χ2v) is 8.55. The molecule has 0 amide bonds. The summed E-state index contributed by atoms with van der Waals surface area (Å²) in [6.07, 6.45) is 7.26. The molecule has 0 aliphatic carbocycles. The lowest BCUT2D eigenvalue weighted by atomic mass is 9.99. The quantitative estimate of drug-likeness (QED) is 0.537. The van der Waals surface area contributed by atoms with Gasteiger partial charge >= 0.3 is 0 Å². The van der Waals surface area contributed by atoms with Crippen LogP contribution in [-0.4, -0.2) is 20.2 Å². The number of hydrogen-bond donors (Lipinski definition) is 2. The molecule has 2 aliphatic heterocycles. The summed E-state index contributed by atoms with van der Waals surface area (Å²) in [6, 6.07) is 17.1. The van der Waals surface area contributed by atoms with E-state index >= 15 is 0 Å². The zero-order valence-electron chi connectivity index (χ0n) is 17.5. The molecule has 1 fully saturated rings. The van der Waals surface area contributed by atoms with Crippen molar-refractivity contribution in [2.24, 2.45) is 7.05 Å². The number of ether oxygens (including phenoxy) is 1. The first-order chi connectivity index (χ1) is 15.2. The molecule has 0 radical (unpaired) electrons. The minimum absolute atomic E-state index is 0.387. The van der Waals surface area contributed by atoms with Gasteiger partial charge in [0.15, 0.2) is 0 Å². The Labute approximate surface area is 180 Å². The molecular formula is C25H25N5O. The van der Waals surface area contributed by atoms with E-state index in [0.717, 1.165) is 17.8 Å². The van der Waals surface area contributed by atoms with E-state index in [4.69, 9.17) is 10.1 Å². The molecule has 5 heterocycles. The Morgan fingerprint density at radius 3 is 2.94 bits per heavy atom. The Morgan fingerprint density at radius 2 is 2.10 bits per heavy atom. The maximum Gasteiger partial charge on any atom is 0.133 e. The Hall–Kier alpha value is -3.38. The van der Waals surface area contributed by atoms with Crippen LogP contribution < -0.4 is 15.5 Å². The van der Waals surface area contributed by atoms with Crippen molar-refractivity contribution in [2.75, 3.05) is 0 Å². The number of hydrogen-bond acceptors (Lipinski definition) is 4. The molecule has 2 atom stereocenters. The highest BCUT2D eigenvalue weighted by Gasteiger charge is 2.35. The van der Waals surface area contributed by atoms with Crippen LogP contribution in [0.1, 0.15) is 35.8 Å². The van der Waals surface area contributed by atoms with Gasteiger partial charge in [-0.1, -0.05) is 12.1 Å². The van der Waals surface area contributed by atoms with Gasteiger partial charge in [0.25, 0.3) is 0 Å². The Morgan fingerprint density at radius 1 is 1.16 bits per heavy atom. The summed E-state index contributed by atoms with van der Waals surface area (Å²) in [5.74, 6) is 0.671. The lowest BCUT2D eigenvalue weighted by Crippen LogP contribution is -2.32. The molecule has 6 rings (SSSR count). The lowest BCUT2D eigenvalue weighted by molar-refractivity contribution is 0.300. The van der Waals surface area contributed by atoms with Crippen molar-refractivity contribution in [3.8, 4) is 11.4 Å². The van der Waals surface area contributed by atoms with Crippen LogP contribution in [0.3, 0.4) is 0 Å². The second-order valence-electron chi connectivity index (χ2n) is 8.55. The standard InChI is InChI=1S/C25H25N5O/c1-29-22-13-18(6-7-20(22)25-21-8-5-16(28-21)12-23(25)29)30-11-9-19(14-24(30)26)31-15-17-4-2-3-10-27-17/h2-4,6-7,9-11,13-14,16,21,26,28H,5,8,12,15H2,1H3. The van der Waals surface area contributed by atoms with Crippen molar-refractivity contribution >= 4 is 10.9 Å². The average Bonchev–Trinajstić information content (AvgIpc) is 3.31. The van der Waals surface area contributed by atoms with E-state index < -0.39 is 0 Å². The lowest BCUT2D eigenvalue weighted by Gasteiger charge is -2.23. The van der Waals surface area contributed by atoms with Gasteiger partial charge in [0.05, 0.1) is 11.2 Å². The second kappa shape index (κ2) is 7.10. The summed E-state index contributed by atoms with van der Waals surface area (Å²) in [5.41, 5.74) is 6.42. The monoisotopic (exact) mass is 411 g/mol. The number of fused-ring (bicyclic) bond motifs is 6. The SMILES string of the molecule is Cn1c2c(c3ccc(-n4ccc(OCc5ccccn5)cc4=N)cc31)C1CCC(C2)N1. The first-order valence-corrected chi connectivity index (χ1v) is 10.8. The molecule has 3 aromatic heterocycles. The van der Waals surface area contributed by atoms with E-state index in [0.29, 0.717) is 29.9 Å². The van der Waals surface area contributed by atoms with Crippen LogP contribution in [0.4, 0.5) is 0 Å². The predicted molar refractivity (Wildman–Crippen MR) is 119 cm³/mol. The van der Waals surface area contributed by atoms with Gasteiger partial charge in [0.1, 0.15) is 17.8 Å². The summed E-state index contributed by atoms with van der Waals surface area (Å²) < 4.78 is 10.1. The zero-order chi connectivity index (χ0) is 20.9. The molecule has 6 nitrogen and oxygen atoms in total. The molecule has 2 bridgehead atoms. The molecule has 1 saturated heterocycles. The fraction of sp³-hybridized carbons (Fsp3) is 0.280. The molecule has 31 heavy (non-hydrogen) atoms. The van der Waals surface area contributed by atoms with Crippen molar-refractivity contribution in [1.82, 2.24) is 19.4 Å². The van der Waals surface area contributed by atoms with Crippen molar-refractivity contribution < 1.29 is 4.74 Å². The van der Waals surface area contributed by atoms with Crippen LogP contribution in [-0.2, 0) is 20.1 Å². The third kappa shape index (κ3) is 3.06. The van der Waals surface area contributed by atoms with Gasteiger partial charge in [-0.3, -0.25) is 10.4 Å². The van der Waals surface area contributed by atoms with E-state index in [1.54, 1.807) is 12.3 Å². The number of rotatable bonds is 4.